The van der Waals surface area contributed by atoms with Crippen LogP contribution in [-0.2, 0) is 28.3 Å². The lowest BCUT2D eigenvalue weighted by molar-refractivity contribution is -0.139. The smallest absolute Gasteiger partial charge is 0.242 e. The molecule has 0 saturated heterocycles. The number of carbonyl (C=O) groups excluding carboxylic acids is 2. The summed E-state index contributed by atoms with van der Waals surface area (Å²) in [6.07, 6.45) is 0.386. The van der Waals surface area contributed by atoms with E-state index >= 15 is 0 Å². The van der Waals surface area contributed by atoms with Gasteiger partial charge in [0.2, 0.25) is 11.8 Å². The first-order valence-electron chi connectivity index (χ1n) is 11.0. The summed E-state index contributed by atoms with van der Waals surface area (Å²) in [6.45, 7) is 0.215. The average molecular weight is 481 g/mol. The molecule has 5 nitrogen and oxygen atoms in total. The fourth-order valence-corrected chi connectivity index (χ4v) is 4.44. The topological polar surface area (TPSA) is 58.6 Å². The van der Waals surface area contributed by atoms with Gasteiger partial charge in [-0.15, -0.1) is 11.8 Å². The minimum atomic E-state index is -0.688. The predicted molar refractivity (Wildman–Crippen MR) is 134 cm³/mol. The molecule has 0 radical (unpaired) electrons. The quantitative estimate of drug-likeness (QED) is 0.441. The summed E-state index contributed by atoms with van der Waals surface area (Å²) in [5, 5.41) is 2.70. The molecule has 1 N–H and O–H groups in total. The van der Waals surface area contributed by atoms with Gasteiger partial charge in [0.05, 0.1) is 12.9 Å². The maximum atomic E-state index is 13.4. The van der Waals surface area contributed by atoms with Crippen molar-refractivity contribution in [1.82, 2.24) is 10.2 Å². The first-order valence-corrected chi connectivity index (χ1v) is 12.2. The van der Waals surface area contributed by atoms with E-state index in [1.165, 1.54) is 23.9 Å². The number of halogens is 1. The minimum Gasteiger partial charge on any atom is -0.497 e. The molecule has 1 atom stereocenters. The molecule has 0 bridgehead atoms. The molecule has 0 saturated carbocycles. The highest BCUT2D eigenvalue weighted by Gasteiger charge is 2.29. The van der Waals surface area contributed by atoms with Gasteiger partial charge < -0.3 is 15.0 Å². The lowest BCUT2D eigenvalue weighted by atomic mass is 10.0. The molecular formula is C27H29FN2O3S. The summed E-state index contributed by atoms with van der Waals surface area (Å²) in [4.78, 5) is 27.9. The Labute approximate surface area is 204 Å². The van der Waals surface area contributed by atoms with Crippen LogP contribution in [0.5, 0.6) is 5.75 Å². The van der Waals surface area contributed by atoms with Gasteiger partial charge in [0.15, 0.2) is 0 Å². The summed E-state index contributed by atoms with van der Waals surface area (Å²) < 4.78 is 18.6. The molecule has 2 amide bonds. The van der Waals surface area contributed by atoms with Gasteiger partial charge in [-0.05, 0) is 41.0 Å². The van der Waals surface area contributed by atoms with E-state index in [9.17, 15) is 14.0 Å². The number of amides is 2. The van der Waals surface area contributed by atoms with Gasteiger partial charge >= 0.3 is 0 Å². The largest absolute Gasteiger partial charge is 0.497 e. The molecule has 178 valence electrons. The summed E-state index contributed by atoms with van der Waals surface area (Å²) in [7, 11) is 3.19. The van der Waals surface area contributed by atoms with Gasteiger partial charge in [-0.3, -0.25) is 9.59 Å². The molecule has 0 aliphatic heterocycles. The van der Waals surface area contributed by atoms with Crippen LogP contribution < -0.4 is 10.1 Å². The van der Waals surface area contributed by atoms with Crippen LogP contribution in [0.1, 0.15) is 16.7 Å². The number of hydrogen-bond donors (Lipinski definition) is 1. The Kier molecular flexibility index (Phi) is 9.52. The lowest BCUT2D eigenvalue weighted by Crippen LogP contribution is -2.50. The highest BCUT2D eigenvalue weighted by Crippen LogP contribution is 2.20. The predicted octanol–water partition coefficient (Wildman–Crippen LogP) is 4.45. The number of likely N-dealkylation sites (N-methyl/N-ethyl adjacent to an activating group) is 1. The third kappa shape index (κ3) is 7.35. The van der Waals surface area contributed by atoms with Crippen molar-refractivity contribution in [3.63, 3.8) is 0 Å². The first kappa shape index (κ1) is 25.3. The monoisotopic (exact) mass is 480 g/mol. The van der Waals surface area contributed by atoms with Gasteiger partial charge in [-0.2, -0.15) is 0 Å². The Bertz CT molecular complexity index is 1060. The van der Waals surface area contributed by atoms with Crippen LogP contribution in [0.15, 0.2) is 78.9 Å². The van der Waals surface area contributed by atoms with Crippen molar-refractivity contribution in [2.24, 2.45) is 0 Å². The standard InChI is InChI=1S/C27H29FN2O3S/c1-29-27(32)25(16-20-6-4-3-5-7-20)30(17-21-8-12-23(28)13-9-21)26(31)19-34-18-22-10-14-24(33-2)15-11-22/h3-15,25H,16-19H2,1-2H3,(H,29,32)/t25-/m0/s1. The summed E-state index contributed by atoms with van der Waals surface area (Å²) >= 11 is 1.49. The third-order valence-electron chi connectivity index (χ3n) is 5.44. The van der Waals surface area contributed by atoms with Gasteiger partial charge in [0, 0.05) is 25.8 Å². The zero-order chi connectivity index (χ0) is 24.3. The van der Waals surface area contributed by atoms with Crippen LogP contribution in [0, 0.1) is 5.82 Å². The summed E-state index contributed by atoms with van der Waals surface area (Å²) in [5.74, 6) is 0.930. The number of methoxy groups -OCH3 is 1. The number of nitrogens with zero attached hydrogens (tertiary/aromatic N) is 1. The van der Waals surface area contributed by atoms with Crippen molar-refractivity contribution >= 4 is 23.6 Å². The highest BCUT2D eigenvalue weighted by molar-refractivity contribution is 7.99. The second kappa shape index (κ2) is 12.8. The molecule has 0 heterocycles. The van der Waals surface area contributed by atoms with Crippen molar-refractivity contribution in [3.8, 4) is 5.75 Å². The molecule has 7 heteroatoms. The van der Waals surface area contributed by atoms with Crippen molar-refractivity contribution in [2.75, 3.05) is 19.9 Å². The minimum absolute atomic E-state index is 0.146. The second-order valence-electron chi connectivity index (χ2n) is 7.81. The molecule has 0 aliphatic rings. The average Bonchev–Trinajstić information content (AvgIpc) is 2.87. The maximum Gasteiger partial charge on any atom is 0.242 e. The number of nitrogens with one attached hydrogen (secondary N) is 1. The van der Waals surface area contributed by atoms with Crippen LogP contribution in [0.25, 0.3) is 0 Å². The zero-order valence-corrected chi connectivity index (χ0v) is 20.2. The fourth-order valence-electron chi connectivity index (χ4n) is 3.57. The maximum absolute atomic E-state index is 13.4. The molecule has 3 aromatic carbocycles. The van der Waals surface area contributed by atoms with E-state index in [2.05, 4.69) is 5.32 Å². The Morgan fingerprint density at radius 3 is 2.21 bits per heavy atom. The SMILES string of the molecule is CNC(=O)[C@H](Cc1ccccc1)N(Cc1ccc(F)cc1)C(=O)CSCc1ccc(OC)cc1. The molecule has 34 heavy (non-hydrogen) atoms. The summed E-state index contributed by atoms with van der Waals surface area (Å²) in [5.41, 5.74) is 2.80. The zero-order valence-electron chi connectivity index (χ0n) is 19.4. The van der Waals surface area contributed by atoms with E-state index in [0.29, 0.717) is 12.2 Å². The fraction of sp³-hybridized carbons (Fsp3) is 0.259. The van der Waals surface area contributed by atoms with E-state index in [4.69, 9.17) is 4.74 Å². The molecule has 0 spiro atoms. The van der Waals surface area contributed by atoms with E-state index < -0.39 is 6.04 Å². The number of carbonyl (C=O) groups is 2. The van der Waals surface area contributed by atoms with Gasteiger partial charge in [-0.1, -0.05) is 54.6 Å². The van der Waals surface area contributed by atoms with Crippen molar-refractivity contribution in [2.45, 2.75) is 24.8 Å². The number of rotatable bonds is 11. The Balaban J connectivity index is 1.77. The van der Waals surface area contributed by atoms with E-state index in [-0.39, 0.29) is 29.9 Å². The normalized spacial score (nSPS) is 11.5. The van der Waals surface area contributed by atoms with Crippen molar-refractivity contribution in [3.05, 3.63) is 101 Å². The van der Waals surface area contributed by atoms with Crippen LogP contribution in [0.2, 0.25) is 0 Å². The molecule has 0 unspecified atom stereocenters. The lowest BCUT2D eigenvalue weighted by Gasteiger charge is -2.31. The molecular weight excluding hydrogens is 451 g/mol. The molecule has 0 aromatic heterocycles. The van der Waals surface area contributed by atoms with Gasteiger partial charge in [0.1, 0.15) is 17.6 Å². The number of hydrogen-bond acceptors (Lipinski definition) is 4. The Morgan fingerprint density at radius 2 is 1.59 bits per heavy atom. The number of benzene rings is 3. The van der Waals surface area contributed by atoms with Crippen LogP contribution >= 0.6 is 11.8 Å². The van der Waals surface area contributed by atoms with Crippen molar-refractivity contribution in [1.29, 1.82) is 0 Å². The number of ether oxygens (including phenoxy) is 1. The van der Waals surface area contributed by atoms with E-state index in [1.54, 1.807) is 31.2 Å². The van der Waals surface area contributed by atoms with Crippen LogP contribution in [-0.4, -0.2) is 42.7 Å². The van der Waals surface area contributed by atoms with Crippen molar-refractivity contribution < 1.29 is 18.7 Å². The third-order valence-corrected chi connectivity index (χ3v) is 6.43. The summed E-state index contributed by atoms with van der Waals surface area (Å²) in [6, 6.07) is 22.6. The molecule has 3 rings (SSSR count). The highest BCUT2D eigenvalue weighted by atomic mass is 32.2. The van der Waals surface area contributed by atoms with Gasteiger partial charge in [0.25, 0.3) is 0 Å². The molecule has 0 fully saturated rings. The Morgan fingerprint density at radius 1 is 0.941 bits per heavy atom. The van der Waals surface area contributed by atoms with Crippen LogP contribution in [0.3, 0.4) is 0 Å². The van der Waals surface area contributed by atoms with Gasteiger partial charge in [-0.25, -0.2) is 4.39 Å². The number of thioether (sulfide) groups is 1. The van der Waals surface area contributed by atoms with Crippen LogP contribution in [0.4, 0.5) is 4.39 Å². The van der Waals surface area contributed by atoms with E-state index in [0.717, 1.165) is 22.4 Å². The van der Waals surface area contributed by atoms with E-state index in [1.807, 2.05) is 54.6 Å². The molecule has 0 aliphatic carbocycles. The Hall–Kier alpha value is -3.32. The molecule has 3 aromatic rings. The first-order chi connectivity index (χ1) is 16.5. The second-order valence-corrected chi connectivity index (χ2v) is 8.79.